The van der Waals surface area contributed by atoms with Gasteiger partial charge in [-0.05, 0) is 36.2 Å². The van der Waals surface area contributed by atoms with E-state index in [2.05, 4.69) is 10.3 Å². The van der Waals surface area contributed by atoms with Crippen LogP contribution in [0.3, 0.4) is 0 Å². The molecular formula is C20H22ClN3O3. The molecule has 7 heteroatoms. The first kappa shape index (κ1) is 19.3. The molecule has 1 aliphatic heterocycles. The van der Waals surface area contributed by atoms with Gasteiger partial charge in [-0.25, -0.2) is 0 Å². The van der Waals surface area contributed by atoms with E-state index in [1.54, 1.807) is 35.4 Å². The molecular weight excluding hydrogens is 366 g/mol. The van der Waals surface area contributed by atoms with E-state index in [1.807, 2.05) is 12.1 Å². The minimum atomic E-state index is -0.217. The number of likely N-dealkylation sites (tertiary alicyclic amines) is 1. The summed E-state index contributed by atoms with van der Waals surface area (Å²) in [4.78, 5) is 30.6. The number of amides is 2. The zero-order valence-electron chi connectivity index (χ0n) is 14.8. The molecule has 2 N–H and O–H groups in total. The Hall–Kier alpha value is -2.44. The van der Waals surface area contributed by atoms with Gasteiger partial charge in [-0.3, -0.25) is 14.6 Å². The van der Waals surface area contributed by atoms with E-state index in [4.69, 9.17) is 11.6 Å². The second-order valence-electron chi connectivity index (χ2n) is 6.70. The number of nitrogens with zero attached hydrogens (tertiary/aromatic N) is 2. The summed E-state index contributed by atoms with van der Waals surface area (Å²) in [6, 6.07) is 10.5. The quantitative estimate of drug-likeness (QED) is 0.821. The van der Waals surface area contributed by atoms with Crippen molar-refractivity contribution in [2.45, 2.75) is 18.9 Å². The van der Waals surface area contributed by atoms with Crippen molar-refractivity contribution >= 4 is 23.4 Å². The molecule has 0 spiro atoms. The number of piperidine rings is 1. The second kappa shape index (κ2) is 8.97. The Balaban J connectivity index is 1.59. The topological polar surface area (TPSA) is 82.5 Å². The Morgan fingerprint density at radius 3 is 2.85 bits per heavy atom. The summed E-state index contributed by atoms with van der Waals surface area (Å²) in [5, 5.41) is 13.3. The number of aromatic nitrogens is 1. The average Bonchev–Trinajstić information content (AvgIpc) is 2.69. The first-order valence-electron chi connectivity index (χ1n) is 8.91. The van der Waals surface area contributed by atoms with Crippen LogP contribution in [0.1, 0.15) is 22.3 Å². The third-order valence-electron chi connectivity index (χ3n) is 4.81. The summed E-state index contributed by atoms with van der Waals surface area (Å²) in [6.07, 6.45) is 3.98. The van der Waals surface area contributed by atoms with E-state index in [9.17, 15) is 14.7 Å². The van der Waals surface area contributed by atoms with Crippen molar-refractivity contribution in [3.05, 3.63) is 64.9 Å². The Labute approximate surface area is 163 Å². The summed E-state index contributed by atoms with van der Waals surface area (Å²) in [5.74, 6) is -0.430. The van der Waals surface area contributed by atoms with Gasteiger partial charge in [0.15, 0.2) is 0 Å². The van der Waals surface area contributed by atoms with Crippen molar-refractivity contribution in [2.24, 2.45) is 5.92 Å². The SMILES string of the molecule is O=C(N[C@@H]1CCN(C(=O)Cc2cccc(Cl)c2)C[C@@H]1CO)c1cccnc1. The van der Waals surface area contributed by atoms with Gasteiger partial charge in [0.05, 0.1) is 12.0 Å². The minimum absolute atomic E-state index is 0.00671. The third-order valence-corrected chi connectivity index (χ3v) is 5.04. The fourth-order valence-electron chi connectivity index (χ4n) is 3.32. The van der Waals surface area contributed by atoms with Gasteiger partial charge in [0.2, 0.25) is 5.91 Å². The molecule has 1 aliphatic rings. The highest BCUT2D eigenvalue weighted by Gasteiger charge is 2.32. The Morgan fingerprint density at radius 2 is 2.15 bits per heavy atom. The van der Waals surface area contributed by atoms with Crippen molar-refractivity contribution in [2.75, 3.05) is 19.7 Å². The summed E-state index contributed by atoms with van der Waals surface area (Å²) in [5.41, 5.74) is 1.34. The van der Waals surface area contributed by atoms with Crippen molar-refractivity contribution < 1.29 is 14.7 Å². The van der Waals surface area contributed by atoms with Crippen molar-refractivity contribution in [3.63, 3.8) is 0 Å². The lowest BCUT2D eigenvalue weighted by Gasteiger charge is -2.38. The van der Waals surface area contributed by atoms with Gasteiger partial charge in [0.1, 0.15) is 0 Å². The van der Waals surface area contributed by atoms with Crippen LogP contribution in [-0.4, -0.2) is 52.5 Å². The van der Waals surface area contributed by atoms with Crippen LogP contribution in [0.15, 0.2) is 48.8 Å². The van der Waals surface area contributed by atoms with Crippen LogP contribution in [0, 0.1) is 5.92 Å². The van der Waals surface area contributed by atoms with Gasteiger partial charge >= 0.3 is 0 Å². The number of carbonyl (C=O) groups is 2. The molecule has 0 saturated carbocycles. The first-order chi connectivity index (χ1) is 13.1. The third kappa shape index (κ3) is 5.05. The lowest BCUT2D eigenvalue weighted by atomic mass is 9.92. The molecule has 1 saturated heterocycles. The van der Waals surface area contributed by atoms with Crippen molar-refractivity contribution in [3.8, 4) is 0 Å². The van der Waals surface area contributed by atoms with Gasteiger partial charge in [0, 0.05) is 49.1 Å². The van der Waals surface area contributed by atoms with Crippen LogP contribution >= 0.6 is 11.6 Å². The number of carbonyl (C=O) groups excluding carboxylic acids is 2. The van der Waals surface area contributed by atoms with Crippen molar-refractivity contribution in [1.82, 2.24) is 15.2 Å². The summed E-state index contributed by atoms with van der Waals surface area (Å²) < 4.78 is 0. The largest absolute Gasteiger partial charge is 0.396 e. The molecule has 2 atom stereocenters. The minimum Gasteiger partial charge on any atom is -0.396 e. The van der Waals surface area contributed by atoms with Gasteiger partial charge in [0.25, 0.3) is 5.91 Å². The molecule has 6 nitrogen and oxygen atoms in total. The molecule has 2 amide bonds. The summed E-state index contributed by atoms with van der Waals surface area (Å²) >= 11 is 5.98. The number of hydrogen-bond acceptors (Lipinski definition) is 4. The van der Waals surface area contributed by atoms with Gasteiger partial charge in [-0.2, -0.15) is 0 Å². The maximum absolute atomic E-state index is 12.6. The molecule has 0 aliphatic carbocycles. The number of halogens is 1. The number of benzene rings is 1. The Kier molecular flexibility index (Phi) is 6.42. The fourth-order valence-corrected chi connectivity index (χ4v) is 3.53. The van der Waals surface area contributed by atoms with E-state index >= 15 is 0 Å². The predicted molar refractivity (Wildman–Crippen MR) is 102 cm³/mol. The number of hydrogen-bond donors (Lipinski definition) is 2. The van der Waals surface area contributed by atoms with Crippen LogP contribution in [0.4, 0.5) is 0 Å². The van der Waals surface area contributed by atoms with Gasteiger partial charge in [-0.1, -0.05) is 23.7 Å². The van der Waals surface area contributed by atoms with Crippen LogP contribution < -0.4 is 5.32 Å². The molecule has 1 aromatic carbocycles. The van der Waals surface area contributed by atoms with E-state index < -0.39 is 0 Å². The smallest absolute Gasteiger partial charge is 0.253 e. The maximum atomic E-state index is 12.6. The maximum Gasteiger partial charge on any atom is 0.253 e. The number of pyridine rings is 1. The molecule has 0 radical (unpaired) electrons. The summed E-state index contributed by atoms with van der Waals surface area (Å²) in [6.45, 7) is 0.848. The summed E-state index contributed by atoms with van der Waals surface area (Å²) in [7, 11) is 0. The number of rotatable bonds is 5. The standard InChI is InChI=1S/C20H22ClN3O3/c21-17-5-1-3-14(9-17)10-19(26)24-8-6-18(16(12-24)13-25)23-20(27)15-4-2-7-22-11-15/h1-5,7,9,11,16,18,25H,6,8,10,12-13H2,(H,23,27)/t16-,18-/m1/s1. The van der Waals surface area contributed by atoms with E-state index in [-0.39, 0.29) is 36.8 Å². The van der Waals surface area contributed by atoms with Crippen LogP contribution in [-0.2, 0) is 11.2 Å². The second-order valence-corrected chi connectivity index (χ2v) is 7.14. The predicted octanol–water partition coefficient (Wildman–Crippen LogP) is 1.92. The molecule has 3 rings (SSSR count). The molecule has 0 unspecified atom stereocenters. The highest BCUT2D eigenvalue weighted by Crippen LogP contribution is 2.19. The molecule has 142 valence electrons. The van der Waals surface area contributed by atoms with Crippen LogP contribution in [0.2, 0.25) is 5.02 Å². The Bertz CT molecular complexity index is 800. The zero-order valence-corrected chi connectivity index (χ0v) is 15.6. The molecule has 2 aromatic rings. The van der Waals surface area contributed by atoms with E-state index in [0.29, 0.717) is 30.1 Å². The monoisotopic (exact) mass is 387 g/mol. The fraction of sp³-hybridized carbons (Fsp3) is 0.350. The van der Waals surface area contributed by atoms with Gasteiger partial charge < -0.3 is 15.3 Å². The van der Waals surface area contributed by atoms with Gasteiger partial charge in [-0.15, -0.1) is 0 Å². The number of nitrogens with one attached hydrogen (secondary N) is 1. The average molecular weight is 388 g/mol. The molecule has 1 aromatic heterocycles. The lowest BCUT2D eigenvalue weighted by Crippen LogP contribution is -2.53. The number of aliphatic hydroxyl groups is 1. The number of aliphatic hydroxyl groups excluding tert-OH is 1. The molecule has 27 heavy (non-hydrogen) atoms. The van der Waals surface area contributed by atoms with Crippen LogP contribution in [0.25, 0.3) is 0 Å². The zero-order chi connectivity index (χ0) is 19.2. The first-order valence-corrected chi connectivity index (χ1v) is 9.28. The van der Waals surface area contributed by atoms with E-state index in [1.165, 1.54) is 6.20 Å². The van der Waals surface area contributed by atoms with Crippen LogP contribution in [0.5, 0.6) is 0 Å². The highest BCUT2D eigenvalue weighted by molar-refractivity contribution is 6.30. The lowest BCUT2D eigenvalue weighted by molar-refractivity contribution is -0.132. The highest BCUT2D eigenvalue weighted by atomic mass is 35.5. The normalized spacial score (nSPS) is 19.6. The van der Waals surface area contributed by atoms with Crippen molar-refractivity contribution in [1.29, 1.82) is 0 Å². The van der Waals surface area contributed by atoms with E-state index in [0.717, 1.165) is 5.56 Å². The Morgan fingerprint density at radius 1 is 1.30 bits per heavy atom. The molecule has 1 fully saturated rings. The molecule has 0 bridgehead atoms. The molecule has 2 heterocycles.